The summed E-state index contributed by atoms with van der Waals surface area (Å²) in [5.41, 5.74) is 7.88. The molecule has 34 heavy (non-hydrogen) atoms. The standard InChI is InChI=1S/C25H24BrN3O5/c1-33-23-14-9-16(15-21(23)30)22(34-25(32)28-18-12-10-17(26)11-13-18)7-4-8-24(31)29-20-6-3-2-5-19(20)27/h2-6,8-15,22,30H,7,27H2,1H3,(H,28,32)(H,29,31)/b8-4+/t22-/m1/s1. The van der Waals surface area contributed by atoms with Crippen molar-refractivity contribution in [3.05, 3.63) is 88.9 Å². The molecule has 0 aliphatic heterocycles. The number of phenols is 1. The summed E-state index contributed by atoms with van der Waals surface area (Å²) in [6, 6.07) is 18.6. The van der Waals surface area contributed by atoms with Crippen molar-refractivity contribution in [2.75, 3.05) is 23.5 Å². The van der Waals surface area contributed by atoms with Crippen molar-refractivity contribution < 1.29 is 24.2 Å². The van der Waals surface area contributed by atoms with Crippen LogP contribution in [0.5, 0.6) is 11.5 Å². The van der Waals surface area contributed by atoms with Gasteiger partial charge in [0.1, 0.15) is 6.10 Å². The number of aromatic hydroxyl groups is 1. The molecule has 5 N–H and O–H groups in total. The number of ether oxygens (including phenoxy) is 2. The van der Waals surface area contributed by atoms with Crippen molar-refractivity contribution in [3.8, 4) is 11.5 Å². The minimum absolute atomic E-state index is 0.0943. The smallest absolute Gasteiger partial charge is 0.412 e. The van der Waals surface area contributed by atoms with E-state index in [4.69, 9.17) is 15.2 Å². The number of rotatable bonds is 8. The van der Waals surface area contributed by atoms with Gasteiger partial charge >= 0.3 is 6.09 Å². The first-order chi connectivity index (χ1) is 16.4. The number of nitrogen functional groups attached to an aromatic ring is 1. The highest BCUT2D eigenvalue weighted by Gasteiger charge is 2.18. The van der Waals surface area contributed by atoms with E-state index < -0.39 is 12.2 Å². The number of para-hydroxylation sites is 2. The second kappa shape index (κ2) is 11.8. The number of methoxy groups -OCH3 is 1. The number of hydrogen-bond donors (Lipinski definition) is 4. The zero-order valence-corrected chi connectivity index (χ0v) is 19.9. The van der Waals surface area contributed by atoms with Crippen molar-refractivity contribution in [1.29, 1.82) is 0 Å². The van der Waals surface area contributed by atoms with Crippen molar-refractivity contribution in [2.24, 2.45) is 0 Å². The quantitative estimate of drug-likeness (QED) is 0.223. The van der Waals surface area contributed by atoms with Crippen LogP contribution in [0.15, 0.2) is 83.4 Å². The Labute approximate surface area is 205 Å². The van der Waals surface area contributed by atoms with Gasteiger partial charge in [0.2, 0.25) is 5.91 Å². The van der Waals surface area contributed by atoms with Crippen molar-refractivity contribution in [2.45, 2.75) is 12.5 Å². The summed E-state index contributed by atoms with van der Waals surface area (Å²) >= 11 is 3.34. The van der Waals surface area contributed by atoms with Gasteiger partial charge in [-0.15, -0.1) is 0 Å². The third-order valence-corrected chi connectivity index (χ3v) is 5.28. The third kappa shape index (κ3) is 7.01. The Kier molecular flexibility index (Phi) is 8.53. The van der Waals surface area contributed by atoms with E-state index in [2.05, 4.69) is 26.6 Å². The predicted octanol–water partition coefficient (Wildman–Crippen LogP) is 5.62. The molecule has 0 radical (unpaired) electrons. The summed E-state index contributed by atoms with van der Waals surface area (Å²) in [5, 5.41) is 15.5. The van der Waals surface area contributed by atoms with Crippen LogP contribution in [0.3, 0.4) is 0 Å². The number of carbonyl (C=O) groups is 2. The second-order valence-corrected chi connectivity index (χ2v) is 8.09. The summed E-state index contributed by atoms with van der Waals surface area (Å²) in [6.45, 7) is 0. The summed E-state index contributed by atoms with van der Waals surface area (Å²) in [7, 11) is 1.44. The molecule has 176 valence electrons. The highest BCUT2D eigenvalue weighted by Crippen LogP contribution is 2.32. The van der Waals surface area contributed by atoms with E-state index in [1.54, 1.807) is 66.7 Å². The molecule has 0 saturated carbocycles. The highest BCUT2D eigenvalue weighted by atomic mass is 79.9. The van der Waals surface area contributed by atoms with Gasteiger partial charge in [-0.1, -0.05) is 40.2 Å². The van der Waals surface area contributed by atoms with Crippen LogP contribution in [0.1, 0.15) is 18.1 Å². The lowest BCUT2D eigenvalue weighted by Gasteiger charge is -2.18. The summed E-state index contributed by atoms with van der Waals surface area (Å²) in [5.74, 6) is -0.186. The average Bonchev–Trinajstić information content (AvgIpc) is 2.81. The largest absolute Gasteiger partial charge is 0.504 e. The van der Waals surface area contributed by atoms with E-state index in [-0.39, 0.29) is 23.8 Å². The molecule has 0 heterocycles. The van der Waals surface area contributed by atoms with Crippen LogP contribution < -0.4 is 21.1 Å². The molecule has 0 aromatic heterocycles. The number of carbonyl (C=O) groups excluding carboxylic acids is 2. The van der Waals surface area contributed by atoms with Crippen molar-refractivity contribution in [3.63, 3.8) is 0 Å². The van der Waals surface area contributed by atoms with Gasteiger partial charge in [-0.25, -0.2) is 4.79 Å². The molecule has 9 heteroatoms. The Bertz CT molecular complexity index is 1180. The Hall–Kier alpha value is -3.98. The molecule has 3 rings (SSSR count). The van der Waals surface area contributed by atoms with E-state index in [1.165, 1.54) is 19.3 Å². The van der Waals surface area contributed by atoms with Gasteiger partial charge in [-0.3, -0.25) is 10.1 Å². The second-order valence-electron chi connectivity index (χ2n) is 7.17. The van der Waals surface area contributed by atoms with Crippen LogP contribution in [-0.2, 0) is 9.53 Å². The number of hydrogen-bond acceptors (Lipinski definition) is 6. The predicted molar refractivity (Wildman–Crippen MR) is 135 cm³/mol. The number of phenolic OH excluding ortho intramolecular Hbond substituents is 1. The normalized spacial score (nSPS) is 11.6. The first-order valence-electron chi connectivity index (χ1n) is 10.3. The first-order valence-corrected chi connectivity index (χ1v) is 11.1. The molecule has 0 aliphatic carbocycles. The lowest BCUT2D eigenvalue weighted by Crippen LogP contribution is -2.17. The molecule has 0 saturated heterocycles. The minimum atomic E-state index is -0.780. The molecule has 0 bridgehead atoms. The Morgan fingerprint density at radius 3 is 2.50 bits per heavy atom. The number of benzene rings is 3. The van der Waals surface area contributed by atoms with Crippen LogP contribution >= 0.6 is 15.9 Å². The number of halogens is 1. The fourth-order valence-corrected chi connectivity index (χ4v) is 3.32. The third-order valence-electron chi connectivity index (χ3n) is 4.75. The van der Waals surface area contributed by atoms with Crippen molar-refractivity contribution >= 4 is 45.0 Å². The van der Waals surface area contributed by atoms with E-state index in [9.17, 15) is 14.7 Å². The summed E-state index contributed by atoms with van der Waals surface area (Å²) < 4.78 is 11.6. The van der Waals surface area contributed by atoms with Gasteiger partial charge in [0.15, 0.2) is 11.5 Å². The molecule has 0 spiro atoms. The Morgan fingerprint density at radius 1 is 1.09 bits per heavy atom. The summed E-state index contributed by atoms with van der Waals surface area (Å²) in [4.78, 5) is 24.8. The van der Waals surface area contributed by atoms with Gasteiger partial charge in [0, 0.05) is 16.6 Å². The van der Waals surface area contributed by atoms with Crippen LogP contribution in [0, 0.1) is 0 Å². The van der Waals surface area contributed by atoms with Gasteiger partial charge in [0.25, 0.3) is 0 Å². The summed E-state index contributed by atoms with van der Waals surface area (Å²) in [6.07, 6.45) is 1.62. The first kappa shape index (κ1) is 24.7. The van der Waals surface area contributed by atoms with Gasteiger partial charge in [-0.2, -0.15) is 0 Å². The van der Waals surface area contributed by atoms with Crippen LogP contribution in [0.4, 0.5) is 21.9 Å². The topological polar surface area (TPSA) is 123 Å². The number of nitrogens with two attached hydrogens (primary N) is 1. The SMILES string of the molecule is COc1ccc([C@@H](C/C=C/C(=O)Nc2ccccc2N)OC(=O)Nc2ccc(Br)cc2)cc1O. The highest BCUT2D eigenvalue weighted by molar-refractivity contribution is 9.10. The van der Waals surface area contributed by atoms with E-state index in [0.717, 1.165) is 4.47 Å². The maximum absolute atomic E-state index is 12.5. The number of nitrogens with one attached hydrogen (secondary N) is 2. The molecule has 0 fully saturated rings. The van der Waals surface area contributed by atoms with Crippen LogP contribution in [0.25, 0.3) is 0 Å². The van der Waals surface area contributed by atoms with Gasteiger partial charge in [0.05, 0.1) is 18.5 Å². The average molecular weight is 526 g/mol. The Morgan fingerprint density at radius 2 is 1.82 bits per heavy atom. The Balaban J connectivity index is 1.71. The number of anilines is 3. The monoisotopic (exact) mass is 525 g/mol. The van der Waals surface area contributed by atoms with Crippen molar-refractivity contribution in [1.82, 2.24) is 0 Å². The molecule has 3 aromatic rings. The lowest BCUT2D eigenvalue weighted by molar-refractivity contribution is -0.111. The fourth-order valence-electron chi connectivity index (χ4n) is 3.05. The fraction of sp³-hybridized carbons (Fsp3) is 0.120. The van der Waals surface area contributed by atoms with Gasteiger partial charge in [-0.05, 0) is 60.2 Å². The molecule has 3 aromatic carbocycles. The van der Waals surface area contributed by atoms with E-state index in [0.29, 0.717) is 22.6 Å². The number of amides is 2. The van der Waals surface area contributed by atoms with Crippen LogP contribution in [0.2, 0.25) is 0 Å². The van der Waals surface area contributed by atoms with Crippen LogP contribution in [-0.4, -0.2) is 24.2 Å². The molecule has 8 nitrogen and oxygen atoms in total. The maximum atomic E-state index is 12.5. The minimum Gasteiger partial charge on any atom is -0.504 e. The molecule has 0 aliphatic rings. The van der Waals surface area contributed by atoms with Gasteiger partial charge < -0.3 is 25.6 Å². The zero-order chi connectivity index (χ0) is 24.5. The molecule has 0 unspecified atom stereocenters. The van der Waals surface area contributed by atoms with E-state index >= 15 is 0 Å². The lowest BCUT2D eigenvalue weighted by atomic mass is 10.1. The molecular weight excluding hydrogens is 502 g/mol. The maximum Gasteiger partial charge on any atom is 0.412 e. The molecular formula is C25H24BrN3O5. The zero-order valence-electron chi connectivity index (χ0n) is 18.3. The molecule has 2 amide bonds. The van der Waals surface area contributed by atoms with E-state index in [1.807, 2.05) is 0 Å². The molecule has 1 atom stereocenters.